The van der Waals surface area contributed by atoms with Crippen LogP contribution in [0.3, 0.4) is 0 Å². The molecule has 0 amide bonds. The highest BCUT2D eigenvalue weighted by Gasteiger charge is 2.17. The van der Waals surface area contributed by atoms with Crippen LogP contribution in [0.1, 0.15) is 41.6 Å². The standard InChI is InChI=1S/C14H16BrN3O3/c1-8(2)18-12(16-7-17-18)6-21-13-9(3)4-10(15)5-11(13)14(19)20/h4-5,7-8H,6H2,1-3H3,(H,19,20). The van der Waals surface area contributed by atoms with Gasteiger partial charge in [-0.15, -0.1) is 0 Å². The first-order valence-corrected chi connectivity index (χ1v) is 7.24. The summed E-state index contributed by atoms with van der Waals surface area (Å²) >= 11 is 3.29. The molecule has 6 nitrogen and oxygen atoms in total. The number of aromatic carboxylic acids is 1. The number of hydrogen-bond acceptors (Lipinski definition) is 4. The molecule has 0 aliphatic carbocycles. The predicted molar refractivity (Wildman–Crippen MR) is 80.6 cm³/mol. The SMILES string of the molecule is Cc1cc(Br)cc(C(=O)O)c1OCc1ncnn1C(C)C. The minimum atomic E-state index is -1.03. The molecule has 0 aliphatic rings. The summed E-state index contributed by atoms with van der Waals surface area (Å²) in [6, 6.07) is 3.50. The molecular weight excluding hydrogens is 338 g/mol. The number of carboxylic acids is 1. The molecular formula is C14H16BrN3O3. The number of rotatable bonds is 5. The molecule has 0 bridgehead atoms. The van der Waals surface area contributed by atoms with Crippen LogP contribution < -0.4 is 4.74 Å². The zero-order valence-electron chi connectivity index (χ0n) is 12.0. The molecule has 0 radical (unpaired) electrons. The Balaban J connectivity index is 2.28. The van der Waals surface area contributed by atoms with E-state index < -0.39 is 5.97 Å². The molecule has 2 aromatic rings. The van der Waals surface area contributed by atoms with Crippen LogP contribution in [0.25, 0.3) is 0 Å². The molecule has 0 fully saturated rings. The Bertz CT molecular complexity index is 667. The summed E-state index contributed by atoms with van der Waals surface area (Å²) in [5.74, 6) is -0.0209. The van der Waals surface area contributed by atoms with E-state index in [-0.39, 0.29) is 18.2 Å². The van der Waals surface area contributed by atoms with Crippen molar-refractivity contribution in [2.75, 3.05) is 0 Å². The molecule has 7 heteroatoms. The molecule has 1 aromatic heterocycles. The Morgan fingerprint density at radius 1 is 1.48 bits per heavy atom. The molecule has 1 aromatic carbocycles. The van der Waals surface area contributed by atoms with Crippen LogP contribution in [0, 0.1) is 6.92 Å². The monoisotopic (exact) mass is 353 g/mol. The number of carboxylic acid groups (broad SMARTS) is 1. The van der Waals surface area contributed by atoms with Crippen molar-refractivity contribution < 1.29 is 14.6 Å². The van der Waals surface area contributed by atoms with Gasteiger partial charge in [0.25, 0.3) is 0 Å². The lowest BCUT2D eigenvalue weighted by Gasteiger charge is -2.14. The summed E-state index contributed by atoms with van der Waals surface area (Å²) in [7, 11) is 0. The van der Waals surface area contributed by atoms with E-state index in [1.54, 1.807) is 11.6 Å². The van der Waals surface area contributed by atoms with E-state index in [9.17, 15) is 9.90 Å². The van der Waals surface area contributed by atoms with E-state index in [2.05, 4.69) is 26.0 Å². The summed E-state index contributed by atoms with van der Waals surface area (Å²) in [4.78, 5) is 15.5. The van der Waals surface area contributed by atoms with Crippen molar-refractivity contribution in [1.29, 1.82) is 0 Å². The van der Waals surface area contributed by atoms with Crippen LogP contribution in [-0.2, 0) is 6.61 Å². The fourth-order valence-corrected chi connectivity index (χ4v) is 2.60. The van der Waals surface area contributed by atoms with Crippen molar-refractivity contribution in [3.8, 4) is 5.75 Å². The minimum absolute atomic E-state index is 0.123. The third kappa shape index (κ3) is 3.41. The Morgan fingerprint density at radius 3 is 2.81 bits per heavy atom. The Labute approximate surface area is 130 Å². The minimum Gasteiger partial charge on any atom is -0.484 e. The van der Waals surface area contributed by atoms with Gasteiger partial charge in [0.1, 0.15) is 24.2 Å². The zero-order valence-corrected chi connectivity index (χ0v) is 13.6. The molecule has 0 unspecified atom stereocenters. The average molecular weight is 354 g/mol. The first-order chi connectivity index (χ1) is 9.90. The van der Waals surface area contributed by atoms with Gasteiger partial charge in [0.05, 0.1) is 0 Å². The summed E-state index contributed by atoms with van der Waals surface area (Å²) in [6.45, 7) is 5.96. The van der Waals surface area contributed by atoms with Crippen molar-refractivity contribution in [2.24, 2.45) is 0 Å². The van der Waals surface area contributed by atoms with Crippen LogP contribution in [0.15, 0.2) is 22.9 Å². The first-order valence-electron chi connectivity index (χ1n) is 6.44. The van der Waals surface area contributed by atoms with Crippen molar-refractivity contribution >= 4 is 21.9 Å². The highest BCUT2D eigenvalue weighted by atomic mass is 79.9. The van der Waals surface area contributed by atoms with Crippen molar-refractivity contribution in [1.82, 2.24) is 14.8 Å². The van der Waals surface area contributed by atoms with Gasteiger partial charge in [-0.25, -0.2) is 14.5 Å². The smallest absolute Gasteiger partial charge is 0.339 e. The number of nitrogens with zero attached hydrogens (tertiary/aromatic N) is 3. The Kier molecular flexibility index (Phi) is 4.62. The van der Waals surface area contributed by atoms with Crippen molar-refractivity contribution in [3.63, 3.8) is 0 Å². The summed E-state index contributed by atoms with van der Waals surface area (Å²) in [6.07, 6.45) is 1.46. The summed E-state index contributed by atoms with van der Waals surface area (Å²) in [5.41, 5.74) is 0.870. The zero-order chi connectivity index (χ0) is 15.6. The van der Waals surface area contributed by atoms with Gasteiger partial charge < -0.3 is 9.84 Å². The van der Waals surface area contributed by atoms with E-state index >= 15 is 0 Å². The van der Waals surface area contributed by atoms with Crippen LogP contribution >= 0.6 is 15.9 Å². The fraction of sp³-hybridized carbons (Fsp3) is 0.357. The molecule has 21 heavy (non-hydrogen) atoms. The van der Waals surface area contributed by atoms with Gasteiger partial charge in [-0.1, -0.05) is 15.9 Å². The Morgan fingerprint density at radius 2 is 2.19 bits per heavy atom. The molecule has 0 aliphatic heterocycles. The highest BCUT2D eigenvalue weighted by molar-refractivity contribution is 9.10. The largest absolute Gasteiger partial charge is 0.484 e. The maximum absolute atomic E-state index is 11.3. The molecule has 1 N–H and O–H groups in total. The first kappa shape index (κ1) is 15.5. The van der Waals surface area contributed by atoms with E-state index in [0.717, 1.165) is 5.56 Å². The highest BCUT2D eigenvalue weighted by Crippen LogP contribution is 2.28. The number of benzene rings is 1. The number of aryl methyl sites for hydroxylation is 1. The van der Waals surface area contributed by atoms with Gasteiger partial charge in [-0.2, -0.15) is 5.10 Å². The average Bonchev–Trinajstić information content (AvgIpc) is 2.85. The number of halogens is 1. The molecule has 2 rings (SSSR count). The predicted octanol–water partition coefficient (Wildman–Crippen LogP) is 3.21. The van der Waals surface area contributed by atoms with Gasteiger partial charge in [0, 0.05) is 10.5 Å². The molecule has 112 valence electrons. The fourth-order valence-electron chi connectivity index (χ4n) is 2.03. The van der Waals surface area contributed by atoms with Gasteiger partial charge >= 0.3 is 5.97 Å². The van der Waals surface area contributed by atoms with Crippen LogP contribution in [0.4, 0.5) is 0 Å². The number of hydrogen-bond donors (Lipinski definition) is 1. The van der Waals surface area contributed by atoms with Crippen molar-refractivity contribution in [3.05, 3.63) is 39.9 Å². The lowest BCUT2D eigenvalue weighted by molar-refractivity contribution is 0.0691. The van der Waals surface area contributed by atoms with E-state index in [0.29, 0.717) is 16.0 Å². The quantitative estimate of drug-likeness (QED) is 0.892. The second-order valence-corrected chi connectivity index (χ2v) is 5.82. The van der Waals surface area contributed by atoms with Gasteiger partial charge in [-0.3, -0.25) is 0 Å². The van der Waals surface area contributed by atoms with E-state index in [1.165, 1.54) is 12.4 Å². The summed E-state index contributed by atoms with van der Waals surface area (Å²) < 4.78 is 8.14. The third-order valence-electron chi connectivity index (χ3n) is 2.95. The molecule has 0 atom stereocenters. The van der Waals surface area contributed by atoms with Crippen LogP contribution in [-0.4, -0.2) is 25.8 Å². The van der Waals surface area contributed by atoms with Gasteiger partial charge in [0.15, 0.2) is 5.82 Å². The van der Waals surface area contributed by atoms with E-state index in [4.69, 9.17) is 4.74 Å². The summed E-state index contributed by atoms with van der Waals surface area (Å²) in [5, 5.41) is 13.4. The molecule has 0 spiro atoms. The molecule has 1 heterocycles. The topological polar surface area (TPSA) is 77.2 Å². The van der Waals surface area contributed by atoms with Crippen molar-refractivity contribution in [2.45, 2.75) is 33.4 Å². The van der Waals surface area contributed by atoms with Gasteiger partial charge in [-0.05, 0) is 38.5 Å². The van der Waals surface area contributed by atoms with Crippen LogP contribution in [0.2, 0.25) is 0 Å². The lowest BCUT2D eigenvalue weighted by atomic mass is 10.1. The number of carbonyl (C=O) groups is 1. The van der Waals surface area contributed by atoms with E-state index in [1.807, 2.05) is 19.9 Å². The molecule has 0 saturated heterocycles. The maximum Gasteiger partial charge on any atom is 0.339 e. The van der Waals surface area contributed by atoms with Crippen LogP contribution in [0.5, 0.6) is 5.75 Å². The number of aromatic nitrogens is 3. The number of ether oxygens (including phenoxy) is 1. The third-order valence-corrected chi connectivity index (χ3v) is 3.41. The second kappa shape index (κ2) is 6.26. The maximum atomic E-state index is 11.3. The normalized spacial score (nSPS) is 10.9. The second-order valence-electron chi connectivity index (χ2n) is 4.91. The lowest BCUT2D eigenvalue weighted by Crippen LogP contribution is -2.12. The van der Waals surface area contributed by atoms with Gasteiger partial charge in [0.2, 0.25) is 0 Å². The Hall–Kier alpha value is -1.89. The molecule has 0 saturated carbocycles.